The van der Waals surface area contributed by atoms with Crippen LogP contribution in [0.25, 0.3) is 10.8 Å². The van der Waals surface area contributed by atoms with Crippen LogP contribution < -0.4 is 10.2 Å². The first-order chi connectivity index (χ1) is 14.1. The molecular weight excluding hydrogens is 366 g/mol. The number of ketones is 1. The van der Waals surface area contributed by atoms with E-state index in [9.17, 15) is 14.4 Å². The van der Waals surface area contributed by atoms with E-state index in [0.29, 0.717) is 31.2 Å². The predicted molar refractivity (Wildman–Crippen MR) is 111 cm³/mol. The molecule has 2 aromatic carbocycles. The predicted octanol–water partition coefficient (Wildman–Crippen LogP) is 0.808. The first-order valence-corrected chi connectivity index (χ1v) is 10.5. The molecular formula is C23H28N3O3+. The van der Waals surface area contributed by atoms with Crippen molar-refractivity contribution in [1.29, 1.82) is 0 Å². The monoisotopic (exact) mass is 394 g/mol. The normalized spacial score (nSPS) is 17.3. The van der Waals surface area contributed by atoms with Crippen molar-refractivity contribution in [2.24, 2.45) is 0 Å². The Morgan fingerprint density at radius 2 is 1.69 bits per heavy atom. The van der Waals surface area contributed by atoms with Crippen molar-refractivity contribution < 1.29 is 19.3 Å². The summed E-state index contributed by atoms with van der Waals surface area (Å²) in [4.78, 5) is 40.0. The Labute approximate surface area is 170 Å². The Kier molecular flexibility index (Phi) is 5.90. The summed E-state index contributed by atoms with van der Waals surface area (Å²) in [6, 6.07) is 14.0. The molecule has 1 aliphatic heterocycles. The van der Waals surface area contributed by atoms with Crippen LogP contribution in [0.1, 0.15) is 36.0 Å². The van der Waals surface area contributed by atoms with E-state index in [1.807, 2.05) is 47.4 Å². The molecule has 2 amide bonds. The lowest BCUT2D eigenvalue weighted by Crippen LogP contribution is -3.15. The highest BCUT2D eigenvalue weighted by Gasteiger charge is 2.28. The second-order valence-corrected chi connectivity index (χ2v) is 8.13. The molecule has 2 N–H and O–H groups in total. The zero-order valence-corrected chi connectivity index (χ0v) is 16.7. The van der Waals surface area contributed by atoms with Gasteiger partial charge in [-0.05, 0) is 29.7 Å². The molecule has 0 radical (unpaired) electrons. The summed E-state index contributed by atoms with van der Waals surface area (Å²) in [7, 11) is 0. The van der Waals surface area contributed by atoms with Gasteiger partial charge in [0.15, 0.2) is 12.3 Å². The third-order valence-electron chi connectivity index (χ3n) is 5.81. The van der Waals surface area contributed by atoms with E-state index >= 15 is 0 Å². The lowest BCUT2D eigenvalue weighted by Gasteiger charge is -2.32. The van der Waals surface area contributed by atoms with Gasteiger partial charge in [-0.1, -0.05) is 36.4 Å². The number of hydrogen-bond acceptors (Lipinski definition) is 3. The van der Waals surface area contributed by atoms with E-state index < -0.39 is 0 Å². The van der Waals surface area contributed by atoms with E-state index in [4.69, 9.17) is 0 Å². The fourth-order valence-corrected chi connectivity index (χ4v) is 3.87. The number of amides is 2. The van der Waals surface area contributed by atoms with Gasteiger partial charge in [-0.25, -0.2) is 0 Å². The van der Waals surface area contributed by atoms with Crippen LogP contribution in [0.5, 0.6) is 0 Å². The number of nitrogens with one attached hydrogen (secondary N) is 2. The molecule has 0 bridgehead atoms. The van der Waals surface area contributed by atoms with Crippen LogP contribution in [0.15, 0.2) is 42.5 Å². The fraction of sp³-hybridized carbons (Fsp3) is 0.435. The average molecular weight is 394 g/mol. The third-order valence-corrected chi connectivity index (χ3v) is 5.81. The highest BCUT2D eigenvalue weighted by molar-refractivity contribution is 6.01. The first-order valence-electron chi connectivity index (χ1n) is 10.5. The van der Waals surface area contributed by atoms with Crippen molar-refractivity contribution in [3.8, 4) is 0 Å². The number of piperazine rings is 1. The minimum absolute atomic E-state index is 0.00473. The number of Topliss-reactive ketones (excluding diaryl/α,β-unsaturated/α-hetero) is 1. The number of fused-ring (bicyclic) bond motifs is 1. The van der Waals surface area contributed by atoms with Gasteiger partial charge in [-0.3, -0.25) is 14.4 Å². The van der Waals surface area contributed by atoms with E-state index in [1.165, 1.54) is 4.90 Å². The SMILES string of the molecule is O=C(C[NH+]1CCN(C(=O)CCC(=O)c2ccc3ccccc3c2)CC1)NC1CC1. The fourth-order valence-electron chi connectivity index (χ4n) is 3.87. The highest BCUT2D eigenvalue weighted by Crippen LogP contribution is 2.18. The number of quaternary nitrogens is 1. The zero-order chi connectivity index (χ0) is 20.2. The maximum absolute atomic E-state index is 12.5. The second kappa shape index (κ2) is 8.74. The third kappa shape index (κ3) is 5.21. The minimum atomic E-state index is 0.00473. The van der Waals surface area contributed by atoms with E-state index in [1.54, 1.807) is 0 Å². The molecule has 0 aromatic heterocycles. The van der Waals surface area contributed by atoms with Gasteiger partial charge < -0.3 is 15.1 Å². The molecule has 152 valence electrons. The van der Waals surface area contributed by atoms with Gasteiger partial charge in [-0.15, -0.1) is 0 Å². The lowest BCUT2D eigenvalue weighted by molar-refractivity contribution is -0.896. The highest BCUT2D eigenvalue weighted by atomic mass is 16.2. The smallest absolute Gasteiger partial charge is 0.275 e. The van der Waals surface area contributed by atoms with Gasteiger partial charge in [0.25, 0.3) is 5.91 Å². The largest absolute Gasteiger partial charge is 0.348 e. The van der Waals surface area contributed by atoms with Crippen LogP contribution in [-0.4, -0.2) is 61.3 Å². The van der Waals surface area contributed by atoms with Gasteiger partial charge in [0.1, 0.15) is 0 Å². The van der Waals surface area contributed by atoms with Crippen molar-refractivity contribution in [2.45, 2.75) is 31.7 Å². The van der Waals surface area contributed by atoms with Crippen LogP contribution in [0.3, 0.4) is 0 Å². The Hall–Kier alpha value is -2.73. The van der Waals surface area contributed by atoms with Crippen molar-refractivity contribution in [3.63, 3.8) is 0 Å². The molecule has 0 atom stereocenters. The van der Waals surface area contributed by atoms with Crippen molar-refractivity contribution in [2.75, 3.05) is 32.7 Å². The Balaban J connectivity index is 1.22. The average Bonchev–Trinajstić information content (AvgIpc) is 3.55. The summed E-state index contributed by atoms with van der Waals surface area (Å²) in [6.07, 6.45) is 2.67. The summed E-state index contributed by atoms with van der Waals surface area (Å²) in [5.41, 5.74) is 0.660. The quantitative estimate of drug-likeness (QED) is 0.683. The maximum Gasteiger partial charge on any atom is 0.275 e. The Bertz CT molecular complexity index is 914. The summed E-state index contributed by atoms with van der Waals surface area (Å²) < 4.78 is 0. The van der Waals surface area contributed by atoms with Gasteiger partial charge in [-0.2, -0.15) is 0 Å². The maximum atomic E-state index is 12.5. The number of carbonyl (C=O) groups excluding carboxylic acids is 3. The molecule has 4 rings (SSSR count). The Morgan fingerprint density at radius 3 is 2.41 bits per heavy atom. The molecule has 1 saturated carbocycles. The lowest BCUT2D eigenvalue weighted by atomic mass is 10.0. The van der Waals surface area contributed by atoms with E-state index in [2.05, 4.69) is 5.32 Å². The number of hydrogen-bond donors (Lipinski definition) is 2. The van der Waals surface area contributed by atoms with Crippen molar-refractivity contribution >= 4 is 28.4 Å². The summed E-state index contributed by atoms with van der Waals surface area (Å²) in [5, 5.41) is 5.16. The van der Waals surface area contributed by atoms with Gasteiger partial charge in [0.05, 0.1) is 26.2 Å². The second-order valence-electron chi connectivity index (χ2n) is 8.13. The number of nitrogens with zero attached hydrogens (tertiary/aromatic N) is 1. The molecule has 0 unspecified atom stereocenters. The van der Waals surface area contributed by atoms with E-state index in [0.717, 1.165) is 36.7 Å². The molecule has 2 aliphatic rings. The molecule has 0 spiro atoms. The summed E-state index contributed by atoms with van der Waals surface area (Å²) in [5.74, 6) is 0.147. The minimum Gasteiger partial charge on any atom is -0.348 e. The van der Waals surface area contributed by atoms with Gasteiger partial charge in [0, 0.05) is 24.4 Å². The van der Waals surface area contributed by atoms with Crippen molar-refractivity contribution in [1.82, 2.24) is 10.2 Å². The molecule has 6 heteroatoms. The van der Waals surface area contributed by atoms with Crippen LogP contribution in [0.4, 0.5) is 0 Å². The summed E-state index contributed by atoms with van der Waals surface area (Å²) in [6.45, 7) is 3.34. The molecule has 2 aromatic rings. The molecule has 29 heavy (non-hydrogen) atoms. The molecule has 1 saturated heterocycles. The zero-order valence-electron chi connectivity index (χ0n) is 16.7. The van der Waals surface area contributed by atoms with Crippen LogP contribution in [0, 0.1) is 0 Å². The van der Waals surface area contributed by atoms with Gasteiger partial charge >= 0.3 is 0 Å². The first kappa shape index (κ1) is 19.6. The number of benzene rings is 2. The standard InChI is InChI=1S/C23H27N3O3/c27-21(19-6-5-17-3-1-2-4-18(17)15-19)9-10-23(29)26-13-11-25(12-14-26)16-22(28)24-20-7-8-20/h1-6,15,20H,7-14,16H2,(H,24,28)/p+1. The summed E-state index contributed by atoms with van der Waals surface area (Å²) >= 11 is 0. The van der Waals surface area contributed by atoms with Crippen LogP contribution >= 0.6 is 0 Å². The molecule has 1 heterocycles. The van der Waals surface area contributed by atoms with Gasteiger partial charge in [0.2, 0.25) is 5.91 Å². The Morgan fingerprint density at radius 1 is 0.966 bits per heavy atom. The number of carbonyl (C=O) groups is 3. The van der Waals surface area contributed by atoms with Crippen LogP contribution in [0.2, 0.25) is 0 Å². The molecule has 6 nitrogen and oxygen atoms in total. The molecule has 2 fully saturated rings. The number of rotatable bonds is 7. The van der Waals surface area contributed by atoms with Crippen molar-refractivity contribution in [3.05, 3.63) is 48.0 Å². The van der Waals surface area contributed by atoms with Crippen LogP contribution in [-0.2, 0) is 9.59 Å². The van der Waals surface area contributed by atoms with E-state index in [-0.39, 0.29) is 30.4 Å². The topological polar surface area (TPSA) is 70.9 Å². The molecule has 1 aliphatic carbocycles.